The number of nitrogens with one attached hydrogen (secondary N) is 1. The number of aliphatic hydroxyl groups excluding tert-OH is 2. The van der Waals surface area contributed by atoms with Gasteiger partial charge in [0.1, 0.15) is 12.2 Å². The molecule has 0 radical (unpaired) electrons. The molecule has 1 aromatic heterocycles. The fourth-order valence-electron chi connectivity index (χ4n) is 2.68. The molecule has 25 heavy (non-hydrogen) atoms. The molecule has 1 saturated heterocycles. The van der Waals surface area contributed by atoms with E-state index in [2.05, 4.69) is 17.2 Å². The van der Waals surface area contributed by atoms with Crippen molar-refractivity contribution >= 4 is 11.7 Å². The Morgan fingerprint density at radius 1 is 1.36 bits per heavy atom. The van der Waals surface area contributed by atoms with E-state index in [0.717, 1.165) is 30.0 Å². The van der Waals surface area contributed by atoms with Crippen LogP contribution in [0.5, 0.6) is 0 Å². The predicted octanol–water partition coefficient (Wildman–Crippen LogP) is 0.930. The van der Waals surface area contributed by atoms with Gasteiger partial charge in [-0.25, -0.2) is 9.18 Å². The highest BCUT2D eigenvalue weighted by Crippen LogP contribution is 2.28. The molecule has 1 aromatic rings. The second kappa shape index (κ2) is 8.50. The lowest BCUT2D eigenvalue weighted by Gasteiger charge is -2.17. The zero-order valence-corrected chi connectivity index (χ0v) is 14.3. The molecule has 4 atom stereocenters. The number of ether oxygens (including phenoxy) is 1. The average molecular weight is 357 g/mol. The zero-order chi connectivity index (χ0) is 18.6. The molecule has 0 spiro atoms. The molecule has 0 bridgehead atoms. The summed E-state index contributed by atoms with van der Waals surface area (Å²) in [6.45, 7) is 3.58. The van der Waals surface area contributed by atoms with Crippen LogP contribution in [-0.4, -0.2) is 44.0 Å². The maximum Gasteiger partial charge on any atom is 0.351 e. The summed E-state index contributed by atoms with van der Waals surface area (Å²) >= 11 is 0. The van der Waals surface area contributed by atoms with E-state index in [4.69, 9.17) is 4.74 Å². The van der Waals surface area contributed by atoms with Crippen LogP contribution in [0.1, 0.15) is 52.2 Å². The van der Waals surface area contributed by atoms with Crippen molar-refractivity contribution in [2.75, 3.05) is 5.32 Å². The summed E-state index contributed by atoms with van der Waals surface area (Å²) in [7, 11) is 0. The Labute approximate surface area is 144 Å². The minimum absolute atomic E-state index is 0.221. The number of aromatic nitrogens is 2. The van der Waals surface area contributed by atoms with Crippen molar-refractivity contribution in [3.05, 3.63) is 22.5 Å². The van der Waals surface area contributed by atoms with E-state index in [0.29, 0.717) is 6.42 Å². The molecule has 2 heterocycles. The highest BCUT2D eigenvalue weighted by molar-refractivity contribution is 5.89. The first-order valence-electron chi connectivity index (χ1n) is 8.45. The number of rotatable bonds is 7. The van der Waals surface area contributed by atoms with Gasteiger partial charge in [0.15, 0.2) is 17.9 Å². The molecule has 0 aliphatic carbocycles. The topological polar surface area (TPSA) is 114 Å². The average Bonchev–Trinajstić information content (AvgIpc) is 2.82. The van der Waals surface area contributed by atoms with Crippen molar-refractivity contribution in [3.8, 4) is 0 Å². The largest absolute Gasteiger partial charge is 0.388 e. The van der Waals surface area contributed by atoms with Crippen LogP contribution in [0.2, 0.25) is 0 Å². The number of aliphatic hydroxyl groups is 2. The van der Waals surface area contributed by atoms with Gasteiger partial charge in [0.2, 0.25) is 5.91 Å². The van der Waals surface area contributed by atoms with Crippen LogP contribution in [0, 0.1) is 5.82 Å². The van der Waals surface area contributed by atoms with Crippen molar-refractivity contribution in [2.45, 2.75) is 70.5 Å². The first-order chi connectivity index (χ1) is 11.8. The van der Waals surface area contributed by atoms with Gasteiger partial charge in [-0.05, 0) is 13.3 Å². The third kappa shape index (κ3) is 4.62. The Bertz CT molecular complexity index is 666. The summed E-state index contributed by atoms with van der Waals surface area (Å²) in [6.07, 6.45) is 0.141. The van der Waals surface area contributed by atoms with E-state index < -0.39 is 47.8 Å². The van der Waals surface area contributed by atoms with Gasteiger partial charge in [-0.3, -0.25) is 9.36 Å². The molecule has 0 unspecified atom stereocenters. The molecule has 1 aliphatic rings. The van der Waals surface area contributed by atoms with E-state index in [1.165, 1.54) is 6.92 Å². The molecular weight excluding hydrogens is 333 g/mol. The van der Waals surface area contributed by atoms with Gasteiger partial charge >= 0.3 is 5.69 Å². The standard InChI is InChI=1S/C16H24FN3O5/c1-3-4-5-6-7-11(21)18-14-10(17)8-20(16(24)19-14)15-13(23)12(22)9(2)25-15/h8-9,12-13,15,22-23H,3-7H2,1-2H3,(H,18,19,21,24)/t9-,12-,13-,15-/m1/s1. The van der Waals surface area contributed by atoms with Crippen molar-refractivity contribution in [1.29, 1.82) is 0 Å². The maximum absolute atomic E-state index is 14.2. The quantitative estimate of drug-likeness (QED) is 0.626. The Balaban J connectivity index is 2.07. The number of hydrogen-bond acceptors (Lipinski definition) is 6. The van der Waals surface area contributed by atoms with Crippen LogP contribution < -0.4 is 11.0 Å². The van der Waals surface area contributed by atoms with Gasteiger partial charge in [-0.15, -0.1) is 0 Å². The molecule has 0 aromatic carbocycles. The van der Waals surface area contributed by atoms with E-state index in [9.17, 15) is 24.2 Å². The van der Waals surface area contributed by atoms with Gasteiger partial charge < -0.3 is 20.3 Å². The SMILES string of the molecule is CCCCCCC(=O)Nc1nc(=O)n([C@@H]2O[C@H](C)[C@@H](O)[C@H]2O)cc1F. The van der Waals surface area contributed by atoms with Gasteiger partial charge in [-0.1, -0.05) is 26.2 Å². The molecule has 0 saturated carbocycles. The van der Waals surface area contributed by atoms with Crippen molar-refractivity contribution in [2.24, 2.45) is 0 Å². The lowest BCUT2D eigenvalue weighted by atomic mass is 10.1. The van der Waals surface area contributed by atoms with Crippen LogP contribution >= 0.6 is 0 Å². The molecule has 140 valence electrons. The first-order valence-corrected chi connectivity index (χ1v) is 8.45. The van der Waals surface area contributed by atoms with E-state index in [1.807, 2.05) is 0 Å². The number of carbonyl (C=O) groups excluding carboxylic acids is 1. The normalized spacial score (nSPS) is 26.0. The highest BCUT2D eigenvalue weighted by atomic mass is 19.1. The number of carbonyl (C=O) groups is 1. The van der Waals surface area contributed by atoms with Crippen molar-refractivity contribution in [1.82, 2.24) is 9.55 Å². The number of nitrogens with zero attached hydrogens (tertiary/aromatic N) is 2. The summed E-state index contributed by atoms with van der Waals surface area (Å²) in [5.41, 5.74) is -0.895. The minimum Gasteiger partial charge on any atom is -0.388 e. The predicted molar refractivity (Wildman–Crippen MR) is 87.4 cm³/mol. The van der Waals surface area contributed by atoms with E-state index in [1.54, 1.807) is 0 Å². The number of hydrogen-bond donors (Lipinski definition) is 3. The lowest BCUT2D eigenvalue weighted by molar-refractivity contribution is -0.116. The third-order valence-corrected chi connectivity index (χ3v) is 4.17. The number of unbranched alkanes of at least 4 members (excludes halogenated alkanes) is 3. The monoisotopic (exact) mass is 357 g/mol. The molecule has 9 heteroatoms. The van der Waals surface area contributed by atoms with Crippen molar-refractivity contribution < 1.29 is 24.1 Å². The molecule has 2 rings (SSSR count). The Morgan fingerprint density at radius 3 is 2.68 bits per heavy atom. The van der Waals surface area contributed by atoms with E-state index in [-0.39, 0.29) is 6.42 Å². The highest BCUT2D eigenvalue weighted by Gasteiger charge is 2.42. The summed E-state index contributed by atoms with van der Waals surface area (Å²) < 4.78 is 20.2. The number of amides is 1. The molecule has 1 aliphatic heterocycles. The Morgan fingerprint density at radius 2 is 2.08 bits per heavy atom. The van der Waals surface area contributed by atoms with Crippen LogP contribution in [0.15, 0.2) is 11.0 Å². The van der Waals surface area contributed by atoms with Crippen LogP contribution in [-0.2, 0) is 9.53 Å². The first kappa shape index (κ1) is 19.5. The van der Waals surface area contributed by atoms with E-state index >= 15 is 0 Å². The summed E-state index contributed by atoms with van der Waals surface area (Å²) in [5.74, 6) is -1.80. The lowest BCUT2D eigenvalue weighted by Crippen LogP contribution is -2.36. The molecule has 8 nitrogen and oxygen atoms in total. The van der Waals surface area contributed by atoms with Crippen LogP contribution in [0.25, 0.3) is 0 Å². The van der Waals surface area contributed by atoms with Crippen LogP contribution in [0.4, 0.5) is 10.2 Å². The second-order valence-electron chi connectivity index (χ2n) is 6.20. The van der Waals surface area contributed by atoms with Crippen molar-refractivity contribution in [3.63, 3.8) is 0 Å². The Kier molecular flexibility index (Phi) is 6.63. The molecule has 1 amide bonds. The second-order valence-corrected chi connectivity index (χ2v) is 6.20. The summed E-state index contributed by atoms with van der Waals surface area (Å²) in [6, 6.07) is 0. The van der Waals surface area contributed by atoms with Gasteiger partial charge in [0.25, 0.3) is 0 Å². The smallest absolute Gasteiger partial charge is 0.351 e. The number of anilines is 1. The van der Waals surface area contributed by atoms with Gasteiger partial charge in [-0.2, -0.15) is 4.98 Å². The fraction of sp³-hybridized carbons (Fsp3) is 0.688. The molecule has 3 N–H and O–H groups in total. The van der Waals surface area contributed by atoms with Gasteiger partial charge in [0.05, 0.1) is 12.3 Å². The zero-order valence-electron chi connectivity index (χ0n) is 14.3. The number of halogens is 1. The summed E-state index contributed by atoms with van der Waals surface area (Å²) in [4.78, 5) is 27.4. The fourth-order valence-corrected chi connectivity index (χ4v) is 2.68. The maximum atomic E-state index is 14.2. The third-order valence-electron chi connectivity index (χ3n) is 4.17. The Hall–Kier alpha value is -1.84. The minimum atomic E-state index is -1.38. The molecular formula is C16H24FN3O5. The summed E-state index contributed by atoms with van der Waals surface area (Å²) in [5, 5.41) is 21.9. The van der Waals surface area contributed by atoms with Gasteiger partial charge in [0, 0.05) is 6.42 Å². The molecule has 1 fully saturated rings. The van der Waals surface area contributed by atoms with Crippen LogP contribution in [0.3, 0.4) is 0 Å².